The second-order valence-corrected chi connectivity index (χ2v) is 9.18. The van der Waals surface area contributed by atoms with Crippen LogP contribution in [-0.4, -0.2) is 37.1 Å². The summed E-state index contributed by atoms with van der Waals surface area (Å²) in [5, 5.41) is 10.8. The third-order valence-corrected chi connectivity index (χ3v) is 6.69. The van der Waals surface area contributed by atoms with Crippen molar-refractivity contribution in [3.8, 4) is 0 Å². The Bertz CT molecular complexity index is 933. The predicted molar refractivity (Wildman–Crippen MR) is 104 cm³/mol. The average Bonchev–Trinajstić information content (AvgIpc) is 3.17. The Morgan fingerprint density at radius 3 is 2.84 bits per heavy atom. The van der Waals surface area contributed by atoms with E-state index in [0.717, 1.165) is 20.9 Å². The lowest BCUT2D eigenvalue weighted by molar-refractivity contribution is -0.115. The van der Waals surface area contributed by atoms with Crippen molar-refractivity contribution in [1.82, 2.24) is 20.2 Å². The zero-order valence-corrected chi connectivity index (χ0v) is 16.1. The number of aromatic amines is 2. The fourth-order valence-corrected chi connectivity index (χ4v) is 5.14. The van der Waals surface area contributed by atoms with E-state index < -0.39 is 0 Å². The molecule has 3 N–H and O–H groups in total. The normalized spacial score (nSPS) is 12.4. The van der Waals surface area contributed by atoms with E-state index in [2.05, 4.69) is 32.4 Å². The summed E-state index contributed by atoms with van der Waals surface area (Å²) >= 11 is 4.58. The predicted octanol–water partition coefficient (Wildman–Crippen LogP) is 3.33. The lowest BCUT2D eigenvalue weighted by Gasteiger charge is -2.10. The lowest BCUT2D eigenvalue weighted by atomic mass is 10.2. The molecule has 1 aromatic carbocycles. The average molecular weight is 396 g/mol. The van der Waals surface area contributed by atoms with Crippen LogP contribution in [0.15, 0.2) is 31.7 Å². The fraction of sp³-hybridized carbons (Fsp3) is 0.333. The van der Waals surface area contributed by atoms with Gasteiger partial charge < -0.3 is 15.3 Å². The molecule has 7 nitrogen and oxygen atoms in total. The molecule has 2 aromatic heterocycles. The number of rotatable bonds is 7. The molecule has 1 atom stereocenters. The first-order valence-corrected chi connectivity index (χ1v) is 10.4. The molecule has 1 amide bonds. The van der Waals surface area contributed by atoms with Crippen LogP contribution in [0.2, 0.25) is 0 Å². The van der Waals surface area contributed by atoms with E-state index in [4.69, 9.17) is 0 Å². The first kappa shape index (κ1) is 18.0. The summed E-state index contributed by atoms with van der Waals surface area (Å²) in [5.74, 6) is 0.888. The van der Waals surface area contributed by atoms with Crippen LogP contribution in [0.3, 0.4) is 0 Å². The highest BCUT2D eigenvalue weighted by atomic mass is 32.2. The van der Waals surface area contributed by atoms with E-state index in [1.165, 1.54) is 23.1 Å². The first-order valence-electron chi connectivity index (χ1n) is 7.71. The summed E-state index contributed by atoms with van der Waals surface area (Å²) in [4.78, 5) is 29.0. The van der Waals surface area contributed by atoms with Gasteiger partial charge in [0, 0.05) is 11.4 Å². The largest absolute Gasteiger partial charge is 0.325 e. The fourth-order valence-electron chi connectivity index (χ4n) is 2.05. The topological polar surface area (TPSA) is 104 Å². The molecule has 132 valence electrons. The molecule has 0 unspecified atom stereocenters. The van der Waals surface area contributed by atoms with Crippen molar-refractivity contribution in [2.75, 3.05) is 11.1 Å². The summed E-state index contributed by atoms with van der Waals surface area (Å²) in [6.45, 7) is 3.95. The molecule has 0 bridgehead atoms. The smallest absolute Gasteiger partial charge is 0.323 e. The number of aromatic nitrogens is 4. The monoisotopic (exact) mass is 395 g/mol. The van der Waals surface area contributed by atoms with Crippen LogP contribution in [0.1, 0.15) is 20.3 Å². The molecular formula is C15H17N5O2S3. The Kier molecular flexibility index (Phi) is 5.82. The molecule has 3 aromatic rings. The van der Waals surface area contributed by atoms with Crippen molar-refractivity contribution >= 4 is 57.5 Å². The third-order valence-electron chi connectivity index (χ3n) is 3.25. The number of imidazole rings is 1. The Hall–Kier alpha value is -1.78. The Balaban J connectivity index is 1.61. The second-order valence-electron chi connectivity index (χ2n) is 5.27. The number of hydrogen-bond acceptors (Lipinski definition) is 7. The van der Waals surface area contributed by atoms with Crippen LogP contribution in [-0.2, 0) is 4.79 Å². The number of benzene rings is 1. The number of nitrogens with zero attached hydrogens (tertiary/aromatic N) is 2. The summed E-state index contributed by atoms with van der Waals surface area (Å²) in [5.41, 5.74) is 1.73. The minimum absolute atomic E-state index is 0.125. The molecule has 2 heterocycles. The van der Waals surface area contributed by atoms with E-state index in [1.54, 1.807) is 30.0 Å². The maximum atomic E-state index is 12.4. The van der Waals surface area contributed by atoms with E-state index in [9.17, 15) is 9.59 Å². The molecule has 3 rings (SSSR count). The molecule has 0 aliphatic heterocycles. The number of carbonyl (C=O) groups is 1. The molecule has 0 spiro atoms. The minimum atomic E-state index is -0.307. The summed E-state index contributed by atoms with van der Waals surface area (Å²) < 4.78 is 1.71. The van der Waals surface area contributed by atoms with Gasteiger partial charge in [-0.3, -0.25) is 4.79 Å². The molecule has 0 radical (unpaired) electrons. The van der Waals surface area contributed by atoms with Gasteiger partial charge in [0.15, 0.2) is 8.68 Å². The van der Waals surface area contributed by atoms with Crippen LogP contribution in [0.5, 0.6) is 0 Å². The molecule has 0 saturated carbocycles. The molecule has 0 aliphatic rings. The van der Waals surface area contributed by atoms with Crippen molar-refractivity contribution in [3.05, 3.63) is 28.7 Å². The molecule has 0 saturated heterocycles. The quantitative estimate of drug-likeness (QED) is 0.530. The van der Waals surface area contributed by atoms with Gasteiger partial charge in [0.25, 0.3) is 0 Å². The molecule has 25 heavy (non-hydrogen) atoms. The van der Waals surface area contributed by atoms with Crippen LogP contribution in [0.25, 0.3) is 11.0 Å². The number of hydrogen-bond donors (Lipinski definition) is 3. The maximum absolute atomic E-state index is 12.4. The molecular weight excluding hydrogens is 378 g/mol. The van der Waals surface area contributed by atoms with Gasteiger partial charge in [0.1, 0.15) is 0 Å². The maximum Gasteiger partial charge on any atom is 0.323 e. The number of thioether (sulfide) groups is 2. The van der Waals surface area contributed by atoms with E-state index in [-0.39, 0.29) is 16.8 Å². The Morgan fingerprint density at radius 1 is 1.28 bits per heavy atom. The van der Waals surface area contributed by atoms with Crippen LogP contribution < -0.4 is 11.0 Å². The highest BCUT2D eigenvalue weighted by Crippen LogP contribution is 2.31. The molecule has 10 heteroatoms. The van der Waals surface area contributed by atoms with E-state index >= 15 is 0 Å². The van der Waals surface area contributed by atoms with Gasteiger partial charge in [-0.15, -0.1) is 10.2 Å². The summed E-state index contributed by atoms with van der Waals surface area (Å²) in [7, 11) is 0. The van der Waals surface area contributed by atoms with Gasteiger partial charge >= 0.3 is 5.69 Å². The van der Waals surface area contributed by atoms with Gasteiger partial charge in [0.2, 0.25) is 5.91 Å². The Labute approximate surface area is 156 Å². The van der Waals surface area contributed by atoms with Crippen molar-refractivity contribution in [1.29, 1.82) is 0 Å². The second kappa shape index (κ2) is 8.07. The number of H-pyrrole nitrogens is 2. The van der Waals surface area contributed by atoms with Gasteiger partial charge in [-0.05, 0) is 31.5 Å². The Morgan fingerprint density at radius 2 is 2.04 bits per heavy atom. The molecule has 0 fully saturated rings. The molecule has 0 aliphatic carbocycles. The van der Waals surface area contributed by atoms with Crippen molar-refractivity contribution in [2.45, 2.75) is 34.2 Å². The van der Waals surface area contributed by atoms with Gasteiger partial charge in [0.05, 0.1) is 16.3 Å². The van der Waals surface area contributed by atoms with Gasteiger partial charge in [-0.2, -0.15) is 0 Å². The van der Waals surface area contributed by atoms with Crippen LogP contribution in [0, 0.1) is 0 Å². The first-order chi connectivity index (χ1) is 12.0. The van der Waals surface area contributed by atoms with Crippen LogP contribution in [0.4, 0.5) is 5.69 Å². The van der Waals surface area contributed by atoms with E-state index in [1.807, 2.05) is 6.92 Å². The number of fused-ring (bicyclic) bond motifs is 1. The summed E-state index contributed by atoms with van der Waals surface area (Å²) in [6.07, 6.45) is 1.09. The highest BCUT2D eigenvalue weighted by molar-refractivity contribution is 8.03. The van der Waals surface area contributed by atoms with Gasteiger partial charge in [-0.1, -0.05) is 41.8 Å². The van der Waals surface area contributed by atoms with E-state index in [0.29, 0.717) is 16.7 Å². The standard InChI is InChI=1S/C15H17N5O2S3/c1-3-6-23-14-19-20-15(25-14)24-8(2)12(21)16-9-4-5-10-11(7-9)18-13(22)17-10/h4-5,7-8H,3,6H2,1-2H3,(H,16,21)(H2,17,18,22)/t8-/m1/s1. The highest BCUT2D eigenvalue weighted by Gasteiger charge is 2.17. The number of amides is 1. The third kappa shape index (κ3) is 4.65. The van der Waals surface area contributed by atoms with Crippen molar-refractivity contribution in [3.63, 3.8) is 0 Å². The SMILES string of the molecule is CCCSc1nnc(S[C@H](C)C(=O)Nc2ccc3[nH]c(=O)[nH]c3c2)s1. The number of anilines is 1. The summed E-state index contributed by atoms with van der Waals surface area (Å²) in [6, 6.07) is 5.24. The van der Waals surface area contributed by atoms with Crippen LogP contribution >= 0.6 is 34.9 Å². The number of nitrogens with one attached hydrogen (secondary N) is 3. The number of carbonyl (C=O) groups excluding carboxylic acids is 1. The zero-order valence-electron chi connectivity index (χ0n) is 13.7. The van der Waals surface area contributed by atoms with Gasteiger partial charge in [-0.25, -0.2) is 4.79 Å². The minimum Gasteiger partial charge on any atom is -0.325 e. The lowest BCUT2D eigenvalue weighted by Crippen LogP contribution is -2.22. The van der Waals surface area contributed by atoms with Crippen molar-refractivity contribution < 1.29 is 4.79 Å². The zero-order chi connectivity index (χ0) is 17.8. The van der Waals surface area contributed by atoms with Crippen molar-refractivity contribution in [2.24, 2.45) is 0 Å².